The van der Waals surface area contributed by atoms with Crippen molar-refractivity contribution in [3.05, 3.63) is 88.0 Å². The molecule has 2 aromatic carbocycles. The number of H-pyrrole nitrogens is 1. The second-order valence-electron chi connectivity index (χ2n) is 7.43. The van der Waals surface area contributed by atoms with Gasteiger partial charge in [0.25, 0.3) is 5.56 Å². The highest BCUT2D eigenvalue weighted by Crippen LogP contribution is 2.45. The summed E-state index contributed by atoms with van der Waals surface area (Å²) in [6.45, 7) is 0. The van der Waals surface area contributed by atoms with Crippen LogP contribution in [0, 0.1) is 0 Å². The van der Waals surface area contributed by atoms with Gasteiger partial charge in [0.05, 0.1) is 17.6 Å². The van der Waals surface area contributed by atoms with E-state index in [1.807, 2.05) is 10.5 Å². The maximum Gasteiger partial charge on any atom is 0.292 e. The summed E-state index contributed by atoms with van der Waals surface area (Å²) in [5.74, 6) is 0.720. The summed E-state index contributed by atoms with van der Waals surface area (Å²) in [5.41, 5.74) is 12.0. The summed E-state index contributed by atoms with van der Waals surface area (Å²) >= 11 is 0. The van der Waals surface area contributed by atoms with E-state index < -0.39 is 0 Å². The normalized spacial score (nSPS) is 14.9. The summed E-state index contributed by atoms with van der Waals surface area (Å²) in [4.78, 5) is 19.8. The molecule has 140 valence electrons. The van der Waals surface area contributed by atoms with Crippen LogP contribution in [0.15, 0.2) is 65.6 Å². The number of rotatable bonds is 5. The maximum atomic E-state index is 12.5. The second kappa shape index (κ2) is 6.68. The number of anilines is 1. The lowest BCUT2D eigenvalue weighted by molar-refractivity contribution is 0.620. The van der Waals surface area contributed by atoms with Crippen molar-refractivity contribution < 1.29 is 0 Å². The molecule has 28 heavy (non-hydrogen) atoms. The number of hydrogen-bond acceptors (Lipinski definition) is 3. The monoisotopic (exact) mass is 370 g/mol. The molecular weight excluding hydrogens is 348 g/mol. The number of aromatic amines is 1. The molecule has 1 aliphatic carbocycles. The molecular formula is C23H22N4O. The highest BCUT2D eigenvalue weighted by atomic mass is 16.1. The van der Waals surface area contributed by atoms with E-state index in [1.54, 1.807) is 6.20 Å². The molecule has 0 saturated heterocycles. The van der Waals surface area contributed by atoms with Crippen molar-refractivity contribution in [3.63, 3.8) is 0 Å². The van der Waals surface area contributed by atoms with Crippen LogP contribution in [0.2, 0.25) is 0 Å². The van der Waals surface area contributed by atoms with Crippen molar-refractivity contribution >= 4 is 11.5 Å². The predicted octanol–water partition coefficient (Wildman–Crippen LogP) is 4.13. The highest BCUT2D eigenvalue weighted by Gasteiger charge is 2.32. The third kappa shape index (κ3) is 2.62. The van der Waals surface area contributed by atoms with Crippen LogP contribution in [-0.2, 0) is 6.42 Å². The van der Waals surface area contributed by atoms with E-state index in [-0.39, 0.29) is 11.5 Å². The first-order valence-corrected chi connectivity index (χ1v) is 9.76. The Morgan fingerprint density at radius 1 is 1.04 bits per heavy atom. The van der Waals surface area contributed by atoms with Crippen LogP contribution in [0.4, 0.5) is 5.82 Å². The number of nitrogen functional groups attached to an aromatic ring is 1. The van der Waals surface area contributed by atoms with Crippen LogP contribution in [0.3, 0.4) is 0 Å². The molecule has 2 heterocycles. The third-order valence-corrected chi connectivity index (χ3v) is 5.71. The Labute approximate surface area is 162 Å². The zero-order valence-electron chi connectivity index (χ0n) is 15.6. The Bertz CT molecular complexity index is 1210. The van der Waals surface area contributed by atoms with Crippen molar-refractivity contribution in [2.45, 2.75) is 31.6 Å². The first-order chi connectivity index (χ1) is 13.7. The molecule has 2 aromatic heterocycles. The fourth-order valence-corrected chi connectivity index (χ4v) is 4.45. The first-order valence-electron chi connectivity index (χ1n) is 9.76. The summed E-state index contributed by atoms with van der Waals surface area (Å²) < 4.78 is 1.84. The van der Waals surface area contributed by atoms with Gasteiger partial charge < -0.3 is 10.7 Å². The van der Waals surface area contributed by atoms with Gasteiger partial charge in [-0.15, -0.1) is 0 Å². The summed E-state index contributed by atoms with van der Waals surface area (Å²) in [6, 6.07) is 18.9. The van der Waals surface area contributed by atoms with Crippen LogP contribution in [0.5, 0.6) is 0 Å². The lowest BCUT2D eigenvalue weighted by Gasteiger charge is -2.15. The van der Waals surface area contributed by atoms with Crippen LogP contribution < -0.4 is 11.3 Å². The number of aromatic nitrogens is 3. The van der Waals surface area contributed by atoms with Gasteiger partial charge in [-0.25, -0.2) is 4.98 Å². The number of benzene rings is 2. The van der Waals surface area contributed by atoms with Crippen molar-refractivity contribution in [3.8, 4) is 11.3 Å². The molecule has 0 aliphatic heterocycles. The average Bonchev–Trinajstić information content (AvgIpc) is 3.25. The smallest absolute Gasteiger partial charge is 0.292 e. The molecule has 5 heteroatoms. The van der Waals surface area contributed by atoms with Gasteiger partial charge in [-0.05, 0) is 30.4 Å². The van der Waals surface area contributed by atoms with Gasteiger partial charge in [-0.1, -0.05) is 61.0 Å². The number of hydrogen-bond donors (Lipinski definition) is 2. The molecule has 0 saturated carbocycles. The molecule has 1 unspecified atom stereocenters. The van der Waals surface area contributed by atoms with E-state index in [4.69, 9.17) is 5.73 Å². The fraction of sp³-hybridized carbons (Fsp3) is 0.217. The van der Waals surface area contributed by atoms with Gasteiger partial charge in [0.2, 0.25) is 5.65 Å². The number of unbranched alkanes of at least 4 members (excludes halogenated alkanes) is 1. The number of nitrogens with zero attached hydrogens (tertiary/aromatic N) is 2. The molecule has 1 aliphatic rings. The predicted molar refractivity (Wildman–Crippen MR) is 112 cm³/mol. The number of nitrogens with one attached hydrogen (secondary N) is 1. The molecule has 0 spiro atoms. The minimum absolute atomic E-state index is 0.199. The summed E-state index contributed by atoms with van der Waals surface area (Å²) in [7, 11) is 0. The Kier molecular flexibility index (Phi) is 4.01. The first kappa shape index (κ1) is 16.8. The quantitative estimate of drug-likeness (QED) is 0.519. The molecule has 0 amide bonds. The van der Waals surface area contributed by atoms with Gasteiger partial charge in [-0.3, -0.25) is 9.20 Å². The largest absolute Gasteiger partial charge is 0.383 e. The van der Waals surface area contributed by atoms with E-state index in [0.717, 1.165) is 42.6 Å². The molecule has 5 rings (SSSR count). The lowest BCUT2D eigenvalue weighted by Crippen LogP contribution is -2.16. The highest BCUT2D eigenvalue weighted by molar-refractivity contribution is 5.76. The molecule has 4 aromatic rings. The summed E-state index contributed by atoms with van der Waals surface area (Å²) in [5, 5.41) is 0. The molecule has 0 fully saturated rings. The fourth-order valence-electron chi connectivity index (χ4n) is 4.45. The number of imidazole rings is 1. The molecule has 0 radical (unpaired) electrons. The Hall–Kier alpha value is -3.34. The van der Waals surface area contributed by atoms with Gasteiger partial charge in [0.15, 0.2) is 0 Å². The summed E-state index contributed by atoms with van der Waals surface area (Å²) in [6.07, 6.45) is 5.89. The van der Waals surface area contributed by atoms with E-state index in [0.29, 0.717) is 11.5 Å². The van der Waals surface area contributed by atoms with E-state index in [1.165, 1.54) is 11.1 Å². The zero-order valence-corrected chi connectivity index (χ0v) is 15.6. The number of aryl methyl sites for hydroxylation is 1. The SMILES string of the molecule is Nc1cnc2c(=O)[nH]c3c(n12)C(CCCCc1ccccc1)c1ccccc1-3. The molecule has 3 N–H and O–H groups in total. The van der Waals surface area contributed by atoms with Crippen molar-refractivity contribution in [2.24, 2.45) is 0 Å². The molecule has 0 bridgehead atoms. The molecule has 1 atom stereocenters. The minimum atomic E-state index is -0.199. The van der Waals surface area contributed by atoms with E-state index in [2.05, 4.69) is 58.5 Å². The Balaban J connectivity index is 1.49. The second-order valence-corrected chi connectivity index (χ2v) is 7.43. The third-order valence-electron chi connectivity index (χ3n) is 5.71. The Morgan fingerprint density at radius 3 is 2.68 bits per heavy atom. The number of nitrogens with two attached hydrogens (primary N) is 1. The lowest BCUT2D eigenvalue weighted by atomic mass is 9.93. The van der Waals surface area contributed by atoms with Gasteiger partial charge in [0.1, 0.15) is 5.82 Å². The van der Waals surface area contributed by atoms with Crippen LogP contribution >= 0.6 is 0 Å². The molecule has 5 nitrogen and oxygen atoms in total. The number of fused-ring (bicyclic) bond motifs is 5. The average molecular weight is 370 g/mol. The maximum absolute atomic E-state index is 12.5. The van der Waals surface area contributed by atoms with E-state index >= 15 is 0 Å². The van der Waals surface area contributed by atoms with Crippen LogP contribution in [-0.4, -0.2) is 14.4 Å². The standard InChI is InChI=1S/C23H22N4O/c24-19-14-25-22-23(28)26-20-17-12-7-6-11-16(17)18(21(20)27(19)22)13-5-4-10-15-8-2-1-3-9-15/h1-3,6-9,11-12,14,18H,4-5,10,13,24H2,(H,26,28). The van der Waals surface area contributed by atoms with Crippen LogP contribution in [0.1, 0.15) is 42.0 Å². The van der Waals surface area contributed by atoms with Crippen LogP contribution in [0.25, 0.3) is 16.9 Å². The van der Waals surface area contributed by atoms with Gasteiger partial charge >= 0.3 is 0 Å². The van der Waals surface area contributed by atoms with Crippen molar-refractivity contribution in [1.29, 1.82) is 0 Å². The topological polar surface area (TPSA) is 76.2 Å². The minimum Gasteiger partial charge on any atom is -0.383 e. The van der Waals surface area contributed by atoms with Crippen molar-refractivity contribution in [2.75, 3.05) is 5.73 Å². The van der Waals surface area contributed by atoms with Crippen molar-refractivity contribution in [1.82, 2.24) is 14.4 Å². The van der Waals surface area contributed by atoms with Gasteiger partial charge in [-0.2, -0.15) is 0 Å². The van der Waals surface area contributed by atoms with Gasteiger partial charge in [0, 0.05) is 11.5 Å². The van der Waals surface area contributed by atoms with E-state index in [9.17, 15) is 4.79 Å². The zero-order chi connectivity index (χ0) is 19.1. The Morgan fingerprint density at radius 2 is 1.82 bits per heavy atom.